The summed E-state index contributed by atoms with van der Waals surface area (Å²) in [4.78, 5) is 4.08. The number of aliphatic hydroxyl groups excluding tert-OH is 2. The van der Waals surface area contributed by atoms with E-state index in [1.54, 1.807) is 30.5 Å². The van der Waals surface area contributed by atoms with Crippen molar-refractivity contribution in [3.8, 4) is 34.4 Å². The van der Waals surface area contributed by atoms with Gasteiger partial charge in [0.25, 0.3) is 0 Å². The SMILES string of the molecule is N#Cc1cncc(COc2cc(OCc3cccc(-c4cccc(OCCCCl)c4Cl)c3Cl)c(Cl)cc2CNC[C@H](O)CO)c1. The monoisotopic (exact) mass is 689 g/mol. The lowest BCUT2D eigenvalue weighted by Crippen LogP contribution is -2.29. The Hall–Kier alpha value is -3.26. The van der Waals surface area contributed by atoms with Crippen LogP contribution in [0.2, 0.25) is 15.1 Å². The molecule has 4 aromatic rings. The number of nitriles is 1. The van der Waals surface area contributed by atoms with E-state index in [9.17, 15) is 10.4 Å². The molecule has 3 aromatic carbocycles. The van der Waals surface area contributed by atoms with E-state index in [2.05, 4.69) is 16.4 Å². The second kappa shape index (κ2) is 17.4. The third-order valence-corrected chi connectivity index (χ3v) is 7.99. The van der Waals surface area contributed by atoms with Crippen molar-refractivity contribution in [2.24, 2.45) is 0 Å². The summed E-state index contributed by atoms with van der Waals surface area (Å²) in [6.45, 7) is 0.787. The van der Waals surface area contributed by atoms with Gasteiger partial charge in [0.1, 0.15) is 36.5 Å². The molecule has 0 unspecified atom stereocenters. The predicted octanol–water partition coefficient (Wildman–Crippen LogP) is 7.19. The van der Waals surface area contributed by atoms with Crippen LogP contribution in [0.1, 0.15) is 28.7 Å². The molecule has 0 aliphatic heterocycles. The summed E-state index contributed by atoms with van der Waals surface area (Å²) >= 11 is 26.0. The molecule has 1 heterocycles. The maximum Gasteiger partial charge on any atom is 0.142 e. The molecule has 0 spiro atoms. The summed E-state index contributed by atoms with van der Waals surface area (Å²) in [5, 5.41) is 32.4. The van der Waals surface area contributed by atoms with E-state index in [0.29, 0.717) is 80.0 Å². The van der Waals surface area contributed by atoms with E-state index in [0.717, 1.165) is 11.1 Å². The number of hydrogen-bond donors (Lipinski definition) is 3. The fourth-order valence-corrected chi connectivity index (χ4v) is 5.22. The van der Waals surface area contributed by atoms with Crippen molar-refractivity contribution in [1.29, 1.82) is 5.26 Å². The molecule has 0 saturated heterocycles. The molecule has 0 aliphatic carbocycles. The Morgan fingerprint density at radius 2 is 1.62 bits per heavy atom. The number of rotatable bonds is 16. The number of aliphatic hydroxyl groups is 2. The Bertz CT molecular complexity index is 1630. The highest BCUT2D eigenvalue weighted by atomic mass is 35.5. The van der Waals surface area contributed by atoms with Crippen LogP contribution in [0.25, 0.3) is 11.1 Å². The highest BCUT2D eigenvalue weighted by Crippen LogP contribution is 2.40. The van der Waals surface area contributed by atoms with Crippen molar-refractivity contribution < 1.29 is 24.4 Å². The van der Waals surface area contributed by atoms with Gasteiger partial charge in [-0.05, 0) is 24.6 Å². The van der Waals surface area contributed by atoms with Gasteiger partial charge < -0.3 is 29.7 Å². The molecule has 0 fully saturated rings. The number of ether oxygens (including phenoxy) is 3. The summed E-state index contributed by atoms with van der Waals surface area (Å²) in [6.07, 6.45) is 2.88. The van der Waals surface area contributed by atoms with E-state index >= 15 is 0 Å². The first-order valence-electron chi connectivity index (χ1n) is 14.0. The first kappa shape index (κ1) is 34.6. The third-order valence-electron chi connectivity index (χ3n) is 6.59. The van der Waals surface area contributed by atoms with Crippen LogP contribution in [0.5, 0.6) is 17.2 Å². The van der Waals surface area contributed by atoms with Gasteiger partial charge in [0.05, 0.1) is 39.9 Å². The first-order valence-corrected chi connectivity index (χ1v) is 15.7. The van der Waals surface area contributed by atoms with Crippen LogP contribution < -0.4 is 19.5 Å². The van der Waals surface area contributed by atoms with Crippen LogP contribution in [0.15, 0.2) is 67.0 Å². The summed E-state index contributed by atoms with van der Waals surface area (Å²) in [5.41, 5.74) is 3.98. The Morgan fingerprint density at radius 3 is 2.38 bits per heavy atom. The lowest BCUT2D eigenvalue weighted by atomic mass is 10.0. The van der Waals surface area contributed by atoms with E-state index in [-0.39, 0.29) is 26.4 Å². The number of halogens is 4. The molecule has 0 saturated carbocycles. The molecule has 0 amide bonds. The van der Waals surface area contributed by atoms with Gasteiger partial charge >= 0.3 is 0 Å². The van der Waals surface area contributed by atoms with Crippen molar-refractivity contribution in [2.45, 2.75) is 32.3 Å². The van der Waals surface area contributed by atoms with E-state index in [4.69, 9.17) is 65.7 Å². The maximum atomic E-state index is 9.72. The topological polar surface area (TPSA) is 117 Å². The van der Waals surface area contributed by atoms with E-state index < -0.39 is 6.10 Å². The molecule has 45 heavy (non-hydrogen) atoms. The Morgan fingerprint density at radius 1 is 0.867 bits per heavy atom. The van der Waals surface area contributed by atoms with Crippen molar-refractivity contribution in [2.75, 3.05) is 25.6 Å². The minimum atomic E-state index is -0.909. The number of alkyl halides is 1. The molecule has 4 rings (SSSR count). The Kier molecular flexibility index (Phi) is 13.4. The molecule has 1 atom stereocenters. The molecule has 0 aliphatic rings. The van der Waals surface area contributed by atoms with Crippen molar-refractivity contribution in [3.63, 3.8) is 0 Å². The van der Waals surface area contributed by atoms with Crippen LogP contribution in [-0.4, -0.2) is 46.9 Å². The zero-order chi connectivity index (χ0) is 32.2. The normalized spacial score (nSPS) is 11.6. The van der Waals surface area contributed by atoms with Crippen molar-refractivity contribution >= 4 is 46.4 Å². The van der Waals surface area contributed by atoms with Crippen molar-refractivity contribution in [1.82, 2.24) is 10.3 Å². The first-order chi connectivity index (χ1) is 21.8. The number of aromatic nitrogens is 1. The van der Waals surface area contributed by atoms with E-state index in [1.807, 2.05) is 30.3 Å². The van der Waals surface area contributed by atoms with Crippen LogP contribution in [0.4, 0.5) is 0 Å². The molecule has 8 nitrogen and oxygen atoms in total. The predicted molar refractivity (Wildman–Crippen MR) is 177 cm³/mol. The van der Waals surface area contributed by atoms with Gasteiger partial charge in [0, 0.05) is 65.2 Å². The second-order valence-corrected chi connectivity index (χ2v) is 11.5. The fourth-order valence-electron chi connectivity index (χ4n) is 4.31. The minimum absolute atomic E-state index is 0.101. The molecule has 12 heteroatoms. The van der Waals surface area contributed by atoms with Crippen LogP contribution in [-0.2, 0) is 19.8 Å². The maximum absolute atomic E-state index is 9.72. The van der Waals surface area contributed by atoms with Crippen molar-refractivity contribution in [3.05, 3.63) is 104 Å². The zero-order valence-corrected chi connectivity index (χ0v) is 27.1. The number of nitrogens with one attached hydrogen (secondary N) is 1. The van der Waals surface area contributed by atoms with Gasteiger partial charge in [-0.25, -0.2) is 0 Å². The zero-order valence-electron chi connectivity index (χ0n) is 24.1. The summed E-state index contributed by atoms with van der Waals surface area (Å²) in [6, 6.07) is 18.3. The molecule has 1 aromatic heterocycles. The van der Waals surface area contributed by atoms with Crippen LogP contribution in [0, 0.1) is 11.3 Å². The fraction of sp³-hybridized carbons (Fsp3) is 0.273. The Labute approximate surface area is 282 Å². The van der Waals surface area contributed by atoms with Gasteiger partial charge in [-0.3, -0.25) is 4.98 Å². The standard InChI is InChI=1S/C33H31Cl4N3O5/c34-8-3-9-43-29-7-2-6-27(33(29)37)26-5-1-4-23(32(26)36)20-45-31-12-30(44-19-22-10-21(13-38)14-39-15-22)24(11-28(31)35)16-40-17-25(42)18-41/h1-2,4-7,10-12,14-15,25,40-42H,3,8-9,16-20H2/t25-/m0/s1. The minimum Gasteiger partial charge on any atom is -0.492 e. The summed E-state index contributed by atoms with van der Waals surface area (Å²) < 4.78 is 18.1. The average molecular weight is 691 g/mol. The van der Waals surface area contributed by atoms with Crippen LogP contribution >= 0.6 is 46.4 Å². The lowest BCUT2D eigenvalue weighted by Gasteiger charge is -2.18. The molecule has 0 radical (unpaired) electrons. The Balaban J connectivity index is 1.55. The summed E-state index contributed by atoms with van der Waals surface area (Å²) in [5.74, 6) is 1.88. The second-order valence-electron chi connectivity index (χ2n) is 9.92. The van der Waals surface area contributed by atoms with Gasteiger partial charge in [-0.15, -0.1) is 11.6 Å². The quantitative estimate of drug-likeness (QED) is 0.0836. The third kappa shape index (κ3) is 9.62. The summed E-state index contributed by atoms with van der Waals surface area (Å²) in [7, 11) is 0. The van der Waals surface area contributed by atoms with Gasteiger partial charge in [0.15, 0.2) is 0 Å². The largest absolute Gasteiger partial charge is 0.492 e. The molecule has 0 bridgehead atoms. The van der Waals surface area contributed by atoms with E-state index in [1.165, 1.54) is 6.20 Å². The number of nitrogens with zero attached hydrogens (tertiary/aromatic N) is 2. The smallest absolute Gasteiger partial charge is 0.142 e. The van der Waals surface area contributed by atoms with Gasteiger partial charge in [-0.1, -0.05) is 65.1 Å². The number of pyridine rings is 1. The highest BCUT2D eigenvalue weighted by Gasteiger charge is 2.17. The average Bonchev–Trinajstić information content (AvgIpc) is 3.05. The van der Waals surface area contributed by atoms with Gasteiger partial charge in [0.2, 0.25) is 0 Å². The molecule has 236 valence electrons. The molecular weight excluding hydrogens is 660 g/mol. The number of hydrogen-bond acceptors (Lipinski definition) is 8. The molecular formula is C33H31Cl4N3O5. The highest BCUT2D eigenvalue weighted by molar-refractivity contribution is 6.37. The molecule has 3 N–H and O–H groups in total. The van der Waals surface area contributed by atoms with Crippen LogP contribution in [0.3, 0.4) is 0 Å². The lowest BCUT2D eigenvalue weighted by molar-refractivity contribution is 0.0941. The number of benzene rings is 3. The van der Waals surface area contributed by atoms with Gasteiger partial charge in [-0.2, -0.15) is 5.26 Å².